The molecule has 2 aromatic carbocycles. The van der Waals surface area contributed by atoms with Gasteiger partial charge < -0.3 is 25.0 Å². The van der Waals surface area contributed by atoms with Crippen molar-refractivity contribution in [2.75, 3.05) is 32.8 Å². The van der Waals surface area contributed by atoms with Crippen LogP contribution in [0.1, 0.15) is 38.3 Å². The second-order valence-corrected chi connectivity index (χ2v) is 10.5. The van der Waals surface area contributed by atoms with Crippen molar-refractivity contribution in [3.8, 4) is 5.75 Å². The number of hydrogen-bond acceptors (Lipinski definition) is 7. The summed E-state index contributed by atoms with van der Waals surface area (Å²) < 4.78 is 5.47. The molecule has 0 saturated carbocycles. The third-order valence-electron chi connectivity index (χ3n) is 6.61. The molecule has 1 heterocycles. The Morgan fingerprint density at radius 3 is 2.46 bits per heavy atom. The average molecular weight is 569 g/mol. The molecule has 11 heteroatoms. The number of hydrogen-bond donors (Lipinski definition) is 2. The van der Waals surface area contributed by atoms with E-state index >= 15 is 0 Å². The minimum atomic E-state index is -1.00. The van der Waals surface area contributed by atoms with Crippen LogP contribution >= 0.6 is 0 Å². The fourth-order valence-electron chi connectivity index (χ4n) is 4.33. The normalized spacial score (nSPS) is 15.9. The van der Waals surface area contributed by atoms with Crippen LogP contribution in [-0.4, -0.2) is 89.3 Å². The lowest BCUT2D eigenvalue weighted by molar-refractivity contribution is -0.225. The van der Waals surface area contributed by atoms with E-state index in [0.29, 0.717) is 38.1 Å². The number of carbonyl (C=O) groups excluding carboxylic acids is 4. The smallest absolute Gasteiger partial charge is 0.436 e. The monoisotopic (exact) mass is 568 g/mol. The number of nitrogens with zero attached hydrogens (tertiary/aromatic N) is 3. The molecule has 1 saturated heterocycles. The summed E-state index contributed by atoms with van der Waals surface area (Å²) in [5, 5.41) is 13.4. The molecule has 1 aliphatic heterocycles. The van der Waals surface area contributed by atoms with Gasteiger partial charge in [-0.05, 0) is 48.9 Å². The summed E-state index contributed by atoms with van der Waals surface area (Å²) in [5.41, 5.74) is 1.94. The molecule has 222 valence electrons. The van der Waals surface area contributed by atoms with Crippen LogP contribution in [0.2, 0.25) is 0 Å². The zero-order valence-corrected chi connectivity index (χ0v) is 23.9. The van der Waals surface area contributed by atoms with Gasteiger partial charge in [0.25, 0.3) is 0 Å². The highest BCUT2D eigenvalue weighted by atomic mass is 16.7. The van der Waals surface area contributed by atoms with E-state index in [4.69, 9.17) is 9.57 Å². The van der Waals surface area contributed by atoms with E-state index in [-0.39, 0.29) is 37.9 Å². The lowest BCUT2D eigenvalue weighted by atomic mass is 10.1. The number of hydroxylamine groups is 2. The first kappa shape index (κ1) is 31.4. The molecule has 0 radical (unpaired) electrons. The van der Waals surface area contributed by atoms with E-state index in [2.05, 4.69) is 5.32 Å². The summed E-state index contributed by atoms with van der Waals surface area (Å²) in [4.78, 5) is 59.2. The van der Waals surface area contributed by atoms with Gasteiger partial charge in [0.05, 0.1) is 25.8 Å². The Balaban J connectivity index is 1.69. The van der Waals surface area contributed by atoms with Crippen LogP contribution in [0.5, 0.6) is 5.75 Å². The van der Waals surface area contributed by atoms with Crippen molar-refractivity contribution >= 4 is 24.3 Å². The van der Waals surface area contributed by atoms with Crippen LogP contribution in [0.3, 0.4) is 0 Å². The molecular formula is C30H40N4O7. The van der Waals surface area contributed by atoms with Crippen molar-refractivity contribution < 1.29 is 33.9 Å². The van der Waals surface area contributed by atoms with Gasteiger partial charge in [-0.25, -0.2) is 4.79 Å². The Bertz CT molecular complexity index is 1140. The third kappa shape index (κ3) is 10.1. The highest BCUT2D eigenvalue weighted by Gasteiger charge is 2.40. The van der Waals surface area contributed by atoms with E-state index in [1.165, 1.54) is 9.80 Å². The van der Waals surface area contributed by atoms with Gasteiger partial charge in [-0.15, -0.1) is 0 Å². The lowest BCUT2D eigenvalue weighted by Gasteiger charge is -2.43. The molecule has 0 aromatic heterocycles. The molecule has 2 unspecified atom stereocenters. The summed E-state index contributed by atoms with van der Waals surface area (Å²) in [6, 6.07) is 16.3. The molecule has 11 nitrogen and oxygen atoms in total. The number of rotatable bonds is 14. The Labute approximate surface area is 241 Å². The summed E-state index contributed by atoms with van der Waals surface area (Å²) in [6.07, 6.45) is -0.155. The van der Waals surface area contributed by atoms with E-state index in [1.54, 1.807) is 31.2 Å². The van der Waals surface area contributed by atoms with Gasteiger partial charge in [0.15, 0.2) is 6.17 Å². The molecule has 0 spiro atoms. The van der Waals surface area contributed by atoms with Crippen molar-refractivity contribution in [2.24, 2.45) is 5.92 Å². The summed E-state index contributed by atoms with van der Waals surface area (Å²) in [7, 11) is 0. The summed E-state index contributed by atoms with van der Waals surface area (Å²) in [5.74, 6) is -0.326. The second-order valence-electron chi connectivity index (χ2n) is 10.5. The number of phenols is 1. The summed E-state index contributed by atoms with van der Waals surface area (Å²) in [6.45, 7) is 5.65. The first-order valence-electron chi connectivity index (χ1n) is 13.9. The van der Waals surface area contributed by atoms with E-state index in [9.17, 15) is 24.3 Å². The Morgan fingerprint density at radius 1 is 1.10 bits per heavy atom. The molecule has 2 N–H and O–H groups in total. The fourth-order valence-corrected chi connectivity index (χ4v) is 4.33. The molecule has 1 aliphatic rings. The van der Waals surface area contributed by atoms with Crippen LogP contribution < -0.4 is 5.32 Å². The van der Waals surface area contributed by atoms with Gasteiger partial charge in [0.2, 0.25) is 18.2 Å². The maximum absolute atomic E-state index is 13.2. The van der Waals surface area contributed by atoms with Crippen molar-refractivity contribution in [3.63, 3.8) is 0 Å². The molecule has 1 fully saturated rings. The quantitative estimate of drug-likeness (QED) is 0.265. The maximum Gasteiger partial charge on any atom is 0.436 e. The molecule has 0 bridgehead atoms. The molecule has 4 amide bonds. The van der Waals surface area contributed by atoms with Crippen molar-refractivity contribution in [3.05, 3.63) is 65.7 Å². The van der Waals surface area contributed by atoms with Crippen LogP contribution in [0.15, 0.2) is 54.6 Å². The van der Waals surface area contributed by atoms with Gasteiger partial charge in [0, 0.05) is 13.0 Å². The van der Waals surface area contributed by atoms with E-state index in [1.807, 2.05) is 44.2 Å². The van der Waals surface area contributed by atoms with Crippen LogP contribution in [0.4, 0.5) is 4.79 Å². The topological polar surface area (TPSA) is 129 Å². The van der Waals surface area contributed by atoms with Crippen molar-refractivity contribution in [2.45, 2.75) is 52.3 Å². The predicted molar refractivity (Wildman–Crippen MR) is 151 cm³/mol. The Morgan fingerprint density at radius 2 is 1.80 bits per heavy atom. The van der Waals surface area contributed by atoms with E-state index in [0.717, 1.165) is 16.2 Å². The zero-order chi connectivity index (χ0) is 29.8. The SMILES string of the molecule is CC(C)CCOC(=O)N(OC(C)Cc1ccc(O)cc1)C1CN(CC(=O)NCCc2ccccc2)C(=O)CN1C=O. The minimum absolute atomic E-state index is 0.130. The van der Waals surface area contributed by atoms with Gasteiger partial charge >= 0.3 is 6.09 Å². The standard InChI is InChI=1S/C30H40N4O7/c1-22(2)14-16-40-30(39)34(41-23(3)17-25-9-11-26(36)12-10-25)28-19-32(29(38)20-33(28)21-35)18-27(37)31-15-13-24-7-5-4-6-8-24/h4-12,21-23,28,36H,13-20H2,1-3H3,(H,31,37). The fraction of sp³-hybridized carbons (Fsp3) is 0.467. The van der Waals surface area contributed by atoms with Gasteiger partial charge in [-0.3, -0.25) is 19.2 Å². The number of amides is 4. The number of nitrogens with one attached hydrogen (secondary N) is 1. The number of phenolic OH excluding ortho intramolecular Hbond substituents is 1. The number of ether oxygens (including phenoxy) is 1. The molecule has 2 aromatic rings. The van der Waals surface area contributed by atoms with Gasteiger partial charge in [-0.2, -0.15) is 5.06 Å². The van der Waals surface area contributed by atoms with Crippen molar-refractivity contribution in [1.82, 2.24) is 20.2 Å². The first-order chi connectivity index (χ1) is 19.7. The number of aromatic hydroxyl groups is 1. The number of carbonyl (C=O) groups is 4. The van der Waals surface area contributed by atoms with Crippen LogP contribution in [-0.2, 0) is 36.8 Å². The molecule has 41 heavy (non-hydrogen) atoms. The molecular weight excluding hydrogens is 528 g/mol. The highest BCUT2D eigenvalue weighted by molar-refractivity contribution is 5.87. The average Bonchev–Trinajstić information content (AvgIpc) is 2.94. The zero-order valence-electron chi connectivity index (χ0n) is 23.9. The summed E-state index contributed by atoms with van der Waals surface area (Å²) >= 11 is 0. The highest BCUT2D eigenvalue weighted by Crippen LogP contribution is 2.19. The van der Waals surface area contributed by atoms with Gasteiger partial charge in [-0.1, -0.05) is 56.3 Å². The largest absolute Gasteiger partial charge is 0.508 e. The van der Waals surface area contributed by atoms with Crippen LogP contribution in [0, 0.1) is 5.92 Å². The predicted octanol–water partition coefficient (Wildman–Crippen LogP) is 2.73. The second kappa shape index (κ2) is 15.6. The first-order valence-corrected chi connectivity index (χ1v) is 13.9. The van der Waals surface area contributed by atoms with Gasteiger partial charge in [0.1, 0.15) is 12.3 Å². The van der Waals surface area contributed by atoms with Crippen LogP contribution in [0.25, 0.3) is 0 Å². The lowest BCUT2D eigenvalue weighted by Crippen LogP contribution is -2.64. The molecule has 2 atom stereocenters. The Kier molecular flexibility index (Phi) is 12.0. The Hall–Kier alpha value is -4.12. The number of piperazine rings is 1. The molecule has 3 rings (SSSR count). The third-order valence-corrected chi connectivity index (χ3v) is 6.61. The van der Waals surface area contributed by atoms with Crippen molar-refractivity contribution in [1.29, 1.82) is 0 Å². The molecule has 0 aliphatic carbocycles. The number of benzene rings is 2. The minimum Gasteiger partial charge on any atom is -0.508 e. The van der Waals surface area contributed by atoms with E-state index < -0.39 is 24.3 Å². The maximum atomic E-state index is 13.2.